The van der Waals surface area contributed by atoms with E-state index in [0.29, 0.717) is 0 Å². The summed E-state index contributed by atoms with van der Waals surface area (Å²) in [5, 5.41) is 3.23. The van der Waals surface area contributed by atoms with Crippen molar-refractivity contribution in [1.82, 2.24) is 14.8 Å². The van der Waals surface area contributed by atoms with E-state index in [0.717, 1.165) is 61.0 Å². The minimum Gasteiger partial charge on any atom is -0.339 e. The van der Waals surface area contributed by atoms with Crippen molar-refractivity contribution in [2.75, 3.05) is 26.7 Å². The number of nitrogens with zero attached hydrogens (tertiary/aromatic N) is 2. The van der Waals surface area contributed by atoms with E-state index in [-0.39, 0.29) is 5.91 Å². The average molecular weight is 354 g/mol. The Kier molecular flexibility index (Phi) is 5.82. The lowest BCUT2D eigenvalue weighted by Gasteiger charge is -2.32. The highest BCUT2D eigenvalue weighted by atomic mass is 16.2. The molecule has 1 fully saturated rings. The van der Waals surface area contributed by atoms with Gasteiger partial charge in [0.05, 0.1) is 5.56 Å². The highest BCUT2D eigenvalue weighted by Gasteiger charge is 2.26. The van der Waals surface area contributed by atoms with E-state index in [9.17, 15) is 4.79 Å². The maximum Gasteiger partial charge on any atom is 0.255 e. The first-order valence-electron chi connectivity index (χ1n) is 9.71. The van der Waals surface area contributed by atoms with Gasteiger partial charge in [0.1, 0.15) is 0 Å². The normalized spacial score (nSPS) is 15.5. The largest absolute Gasteiger partial charge is 0.339 e. The van der Waals surface area contributed by atoms with E-state index in [1.807, 2.05) is 18.0 Å². The zero-order chi connectivity index (χ0) is 18.7. The molecule has 4 heteroatoms. The van der Waals surface area contributed by atoms with E-state index in [1.54, 1.807) is 0 Å². The number of rotatable bonds is 5. The second kappa shape index (κ2) is 8.09. The van der Waals surface area contributed by atoms with Crippen molar-refractivity contribution in [3.8, 4) is 5.69 Å². The summed E-state index contributed by atoms with van der Waals surface area (Å²) in [5.41, 5.74) is 5.35. The molecule has 0 unspecified atom stereocenters. The van der Waals surface area contributed by atoms with E-state index in [4.69, 9.17) is 0 Å². The quantitative estimate of drug-likeness (QED) is 0.886. The molecule has 0 saturated carbocycles. The maximum absolute atomic E-state index is 13.1. The number of aryl methyl sites for hydroxylation is 2. The van der Waals surface area contributed by atoms with Gasteiger partial charge in [-0.2, -0.15) is 0 Å². The molecule has 1 saturated heterocycles. The third-order valence-corrected chi connectivity index (χ3v) is 5.63. The van der Waals surface area contributed by atoms with Gasteiger partial charge in [0.25, 0.3) is 5.91 Å². The van der Waals surface area contributed by atoms with Gasteiger partial charge in [-0.15, -0.1) is 0 Å². The first-order valence-corrected chi connectivity index (χ1v) is 9.71. The molecule has 1 aromatic carbocycles. The number of aromatic nitrogens is 1. The lowest BCUT2D eigenvalue weighted by atomic mass is 9.93. The van der Waals surface area contributed by atoms with Crippen LogP contribution < -0.4 is 5.32 Å². The summed E-state index contributed by atoms with van der Waals surface area (Å²) < 4.78 is 2.19. The van der Waals surface area contributed by atoms with Crippen LogP contribution in [0.1, 0.15) is 46.6 Å². The first-order chi connectivity index (χ1) is 12.5. The maximum atomic E-state index is 13.1. The number of nitrogens with one attached hydrogen (secondary N) is 1. The third kappa shape index (κ3) is 3.85. The van der Waals surface area contributed by atoms with Gasteiger partial charge in [-0.1, -0.05) is 12.1 Å². The molecule has 0 radical (unpaired) electrons. The summed E-state index contributed by atoms with van der Waals surface area (Å²) in [6.45, 7) is 9.05. The van der Waals surface area contributed by atoms with E-state index in [1.165, 1.54) is 12.0 Å². The number of benzene rings is 1. The Balaban J connectivity index is 1.76. The molecule has 0 bridgehead atoms. The standard InChI is InChI=1S/C22H31N3O/c1-16-6-5-7-20(14-16)25-17(2)15-21(18(25)3)22(26)24-12-9-19(10-13-24)8-11-23-4/h5-7,14-15,19,23H,8-13H2,1-4H3. The molecule has 1 aliphatic rings. The smallest absolute Gasteiger partial charge is 0.255 e. The monoisotopic (exact) mass is 353 g/mol. The lowest BCUT2D eigenvalue weighted by Crippen LogP contribution is -2.39. The number of hydrogen-bond donors (Lipinski definition) is 1. The Morgan fingerprint density at radius 3 is 2.54 bits per heavy atom. The van der Waals surface area contributed by atoms with Crippen LogP contribution in [0.3, 0.4) is 0 Å². The van der Waals surface area contributed by atoms with Gasteiger partial charge in [0.15, 0.2) is 0 Å². The minimum atomic E-state index is 0.184. The molecule has 3 rings (SSSR count). The van der Waals surface area contributed by atoms with Crippen LogP contribution in [0.2, 0.25) is 0 Å². The predicted molar refractivity (Wildman–Crippen MR) is 107 cm³/mol. The van der Waals surface area contributed by atoms with Crippen LogP contribution in [0.25, 0.3) is 5.69 Å². The second-order valence-electron chi connectivity index (χ2n) is 7.59. The summed E-state index contributed by atoms with van der Waals surface area (Å²) in [6.07, 6.45) is 3.44. The van der Waals surface area contributed by atoms with Gasteiger partial charge in [0.2, 0.25) is 0 Å². The zero-order valence-corrected chi connectivity index (χ0v) is 16.5. The van der Waals surface area contributed by atoms with Crippen LogP contribution >= 0.6 is 0 Å². The van der Waals surface area contributed by atoms with Crippen LogP contribution in [0.5, 0.6) is 0 Å². The fourth-order valence-corrected chi connectivity index (χ4v) is 4.09. The number of carbonyl (C=O) groups is 1. The van der Waals surface area contributed by atoms with Crippen molar-refractivity contribution in [2.24, 2.45) is 5.92 Å². The molecule has 0 spiro atoms. The molecule has 0 aliphatic carbocycles. The number of likely N-dealkylation sites (tertiary alicyclic amines) is 1. The van der Waals surface area contributed by atoms with Gasteiger partial charge in [-0.3, -0.25) is 4.79 Å². The summed E-state index contributed by atoms with van der Waals surface area (Å²) in [7, 11) is 2.00. The Morgan fingerprint density at radius 2 is 1.88 bits per heavy atom. The SMILES string of the molecule is CNCCC1CCN(C(=O)c2cc(C)n(-c3cccc(C)c3)c2C)CC1. The minimum absolute atomic E-state index is 0.184. The zero-order valence-electron chi connectivity index (χ0n) is 16.5. The van der Waals surface area contributed by atoms with Gasteiger partial charge >= 0.3 is 0 Å². The van der Waals surface area contributed by atoms with Gasteiger partial charge in [-0.25, -0.2) is 0 Å². The average Bonchev–Trinajstić information content (AvgIpc) is 2.94. The number of carbonyl (C=O) groups excluding carboxylic acids is 1. The molecule has 1 amide bonds. The molecule has 1 aliphatic heterocycles. The van der Waals surface area contributed by atoms with Crippen LogP contribution in [0, 0.1) is 26.7 Å². The Morgan fingerprint density at radius 1 is 1.15 bits per heavy atom. The molecule has 1 N–H and O–H groups in total. The van der Waals surface area contributed by atoms with Crippen molar-refractivity contribution < 1.29 is 4.79 Å². The van der Waals surface area contributed by atoms with Crippen molar-refractivity contribution >= 4 is 5.91 Å². The molecular weight excluding hydrogens is 322 g/mol. The second-order valence-corrected chi connectivity index (χ2v) is 7.59. The predicted octanol–water partition coefficient (Wildman–Crippen LogP) is 3.86. The van der Waals surface area contributed by atoms with Gasteiger partial charge in [-0.05, 0) is 83.3 Å². The molecule has 140 valence electrons. The van der Waals surface area contributed by atoms with Crippen LogP contribution in [0.15, 0.2) is 30.3 Å². The third-order valence-electron chi connectivity index (χ3n) is 5.63. The fraction of sp³-hybridized carbons (Fsp3) is 0.500. The van der Waals surface area contributed by atoms with E-state index >= 15 is 0 Å². The first kappa shape index (κ1) is 18.7. The Bertz CT molecular complexity index is 770. The fourth-order valence-electron chi connectivity index (χ4n) is 4.09. The summed E-state index contributed by atoms with van der Waals surface area (Å²) >= 11 is 0. The topological polar surface area (TPSA) is 37.3 Å². The van der Waals surface area contributed by atoms with Crippen LogP contribution in [-0.4, -0.2) is 42.1 Å². The highest BCUT2D eigenvalue weighted by molar-refractivity contribution is 5.96. The van der Waals surface area contributed by atoms with E-state index in [2.05, 4.69) is 54.9 Å². The number of hydrogen-bond acceptors (Lipinski definition) is 2. The van der Waals surface area contributed by atoms with Gasteiger partial charge in [0, 0.05) is 30.2 Å². The van der Waals surface area contributed by atoms with Crippen molar-refractivity contribution in [2.45, 2.75) is 40.0 Å². The number of amides is 1. The molecule has 4 nitrogen and oxygen atoms in total. The molecule has 0 atom stereocenters. The molecule has 2 aromatic rings. The summed E-state index contributed by atoms with van der Waals surface area (Å²) in [4.78, 5) is 15.1. The van der Waals surface area contributed by atoms with Crippen LogP contribution in [-0.2, 0) is 0 Å². The molecule has 26 heavy (non-hydrogen) atoms. The highest BCUT2D eigenvalue weighted by Crippen LogP contribution is 2.25. The van der Waals surface area contributed by atoms with Crippen LogP contribution in [0.4, 0.5) is 0 Å². The molecule has 2 heterocycles. The summed E-state index contributed by atoms with van der Waals surface area (Å²) in [5.74, 6) is 0.926. The van der Waals surface area contributed by atoms with Gasteiger partial charge < -0.3 is 14.8 Å². The Hall–Kier alpha value is -2.07. The lowest BCUT2D eigenvalue weighted by molar-refractivity contribution is 0.0686. The number of piperidine rings is 1. The molecule has 1 aromatic heterocycles. The Labute approximate surface area is 157 Å². The van der Waals surface area contributed by atoms with E-state index < -0.39 is 0 Å². The van der Waals surface area contributed by atoms with Crippen molar-refractivity contribution in [3.05, 3.63) is 52.8 Å². The van der Waals surface area contributed by atoms with Crippen molar-refractivity contribution in [1.29, 1.82) is 0 Å². The van der Waals surface area contributed by atoms with Crippen molar-refractivity contribution in [3.63, 3.8) is 0 Å². The molecular formula is C22H31N3O. The summed E-state index contributed by atoms with van der Waals surface area (Å²) in [6, 6.07) is 10.5.